The molecule has 0 spiro atoms. The maximum atomic E-state index is 13.6. The Hall–Kier alpha value is -2.53. The lowest BCUT2D eigenvalue weighted by atomic mass is 9.83. The molecule has 0 radical (unpaired) electrons. The van der Waals surface area contributed by atoms with Gasteiger partial charge in [0, 0.05) is 18.3 Å². The molecule has 192 valence electrons. The van der Waals surface area contributed by atoms with Crippen molar-refractivity contribution < 1.29 is 35.5 Å². The molecule has 0 aromatic heterocycles. The molecule has 2 aromatic rings. The van der Waals surface area contributed by atoms with Crippen molar-refractivity contribution in [3.63, 3.8) is 0 Å². The van der Waals surface area contributed by atoms with Crippen LogP contribution in [0.25, 0.3) is 0 Å². The summed E-state index contributed by atoms with van der Waals surface area (Å²) in [7, 11) is 0. The number of nitrogen functional groups attached to an aromatic ring is 1. The Labute approximate surface area is 203 Å². The first-order valence-electron chi connectivity index (χ1n) is 10.7. The minimum Gasteiger partial charge on any atom is -0.398 e. The van der Waals surface area contributed by atoms with Crippen LogP contribution in [0.4, 0.5) is 36.4 Å². The number of carbonyl (C=O) groups excluding carboxylic acids is 1. The standard InChI is InChI=1S/C23H22F7N3O.ClH/c1-12-9-15(24)4-5-16(12)21-18(3-2-8-33(21)20(21)34)32-7-6-13-10-14(22(25,26)27)11-17(19(13)31)23(28,29)30;/h4-5,9-11,18,32H,2-3,6-8,31H2,1H3;1H. The van der Waals surface area contributed by atoms with Crippen LogP contribution < -0.4 is 11.1 Å². The van der Waals surface area contributed by atoms with Crippen LogP contribution in [0.1, 0.15) is 40.7 Å². The lowest BCUT2D eigenvalue weighted by Gasteiger charge is -2.32. The van der Waals surface area contributed by atoms with Crippen LogP contribution in [0.2, 0.25) is 0 Å². The van der Waals surface area contributed by atoms with E-state index in [9.17, 15) is 35.5 Å². The van der Waals surface area contributed by atoms with Gasteiger partial charge in [-0.1, -0.05) is 6.07 Å². The molecule has 35 heavy (non-hydrogen) atoms. The zero-order chi connectivity index (χ0) is 25.1. The van der Waals surface area contributed by atoms with Gasteiger partial charge in [0.25, 0.3) is 5.91 Å². The van der Waals surface area contributed by atoms with E-state index in [2.05, 4.69) is 5.32 Å². The predicted octanol–water partition coefficient (Wildman–Crippen LogP) is 5.21. The van der Waals surface area contributed by atoms with E-state index in [0.29, 0.717) is 36.6 Å². The third-order valence-electron chi connectivity index (χ3n) is 6.61. The topological polar surface area (TPSA) is 58.1 Å². The number of halogens is 8. The summed E-state index contributed by atoms with van der Waals surface area (Å²) < 4.78 is 93.0. The van der Waals surface area contributed by atoms with Gasteiger partial charge in [0.15, 0.2) is 5.54 Å². The quantitative estimate of drug-likeness (QED) is 0.320. The molecule has 1 amide bonds. The highest BCUT2D eigenvalue weighted by molar-refractivity contribution is 6.04. The molecule has 4 nitrogen and oxygen atoms in total. The number of amides is 1. The number of benzene rings is 2. The van der Waals surface area contributed by atoms with E-state index < -0.39 is 46.6 Å². The maximum Gasteiger partial charge on any atom is 0.418 e. The van der Waals surface area contributed by atoms with Crippen molar-refractivity contribution in [1.82, 2.24) is 10.2 Å². The van der Waals surface area contributed by atoms with Crippen LogP contribution in [0, 0.1) is 12.7 Å². The van der Waals surface area contributed by atoms with Gasteiger partial charge in [0.1, 0.15) is 5.82 Å². The average Bonchev–Trinajstić information content (AvgIpc) is 3.33. The second-order valence-corrected chi connectivity index (χ2v) is 8.67. The highest BCUT2D eigenvalue weighted by atomic mass is 35.5. The number of aryl methyl sites for hydroxylation is 1. The number of carbonyl (C=O) groups is 1. The normalized spacial score (nSPS) is 22.0. The second kappa shape index (κ2) is 9.16. The van der Waals surface area contributed by atoms with E-state index in [1.807, 2.05) is 0 Å². The molecular formula is C23H23ClF7N3O. The molecule has 3 N–H and O–H groups in total. The van der Waals surface area contributed by atoms with Gasteiger partial charge in [-0.2, -0.15) is 26.3 Å². The van der Waals surface area contributed by atoms with E-state index in [1.54, 1.807) is 17.9 Å². The number of nitrogens with two attached hydrogens (primary N) is 1. The molecule has 2 aliphatic rings. The summed E-state index contributed by atoms with van der Waals surface area (Å²) in [5.74, 6) is -0.590. The fourth-order valence-electron chi connectivity index (χ4n) is 5.01. The van der Waals surface area contributed by atoms with Crippen molar-refractivity contribution in [2.75, 3.05) is 18.8 Å². The summed E-state index contributed by atoms with van der Waals surface area (Å²) in [5.41, 5.74) is 1.80. The molecule has 2 unspecified atom stereocenters. The van der Waals surface area contributed by atoms with Crippen molar-refractivity contribution in [2.45, 2.75) is 50.1 Å². The van der Waals surface area contributed by atoms with Gasteiger partial charge in [0.2, 0.25) is 0 Å². The number of nitrogens with zero attached hydrogens (tertiary/aromatic N) is 1. The Morgan fingerprint density at radius 2 is 1.80 bits per heavy atom. The number of rotatable bonds is 5. The zero-order valence-electron chi connectivity index (χ0n) is 18.5. The summed E-state index contributed by atoms with van der Waals surface area (Å²) in [5, 5.41) is 3.14. The van der Waals surface area contributed by atoms with Crippen LogP contribution in [0.15, 0.2) is 30.3 Å². The van der Waals surface area contributed by atoms with Gasteiger partial charge in [-0.3, -0.25) is 4.79 Å². The maximum absolute atomic E-state index is 13.6. The second-order valence-electron chi connectivity index (χ2n) is 8.67. The molecule has 0 bridgehead atoms. The van der Waals surface area contributed by atoms with Crippen molar-refractivity contribution in [3.05, 3.63) is 64.0 Å². The molecule has 2 saturated heterocycles. The molecule has 2 fully saturated rings. The summed E-state index contributed by atoms with van der Waals surface area (Å²) >= 11 is 0. The van der Waals surface area contributed by atoms with Crippen LogP contribution in [0.3, 0.4) is 0 Å². The molecule has 2 aromatic carbocycles. The third-order valence-corrected chi connectivity index (χ3v) is 6.61. The first-order chi connectivity index (χ1) is 15.8. The van der Waals surface area contributed by atoms with E-state index in [0.717, 1.165) is 0 Å². The Bertz CT molecular complexity index is 1140. The predicted molar refractivity (Wildman–Crippen MR) is 117 cm³/mol. The number of hydrogen-bond acceptors (Lipinski definition) is 3. The fourth-order valence-corrected chi connectivity index (χ4v) is 5.01. The highest BCUT2D eigenvalue weighted by Gasteiger charge is 2.69. The van der Waals surface area contributed by atoms with Gasteiger partial charge in [-0.05, 0) is 73.7 Å². The summed E-state index contributed by atoms with van der Waals surface area (Å²) in [6.07, 6.45) is -8.98. The smallest absolute Gasteiger partial charge is 0.398 e. The highest BCUT2D eigenvalue weighted by Crippen LogP contribution is 2.52. The van der Waals surface area contributed by atoms with Crippen LogP contribution in [-0.2, 0) is 29.1 Å². The first-order valence-corrected chi connectivity index (χ1v) is 10.7. The summed E-state index contributed by atoms with van der Waals surface area (Å²) in [4.78, 5) is 14.5. The number of anilines is 1. The SMILES string of the molecule is Cc1cc(F)ccc1C12C(=O)N1CCCC2NCCc1cc(C(F)(F)F)cc(C(F)(F)F)c1N.Cl. The Morgan fingerprint density at radius 1 is 1.11 bits per heavy atom. The fraction of sp³-hybridized carbons (Fsp3) is 0.435. The number of alkyl halides is 6. The average molecular weight is 526 g/mol. The lowest BCUT2D eigenvalue weighted by molar-refractivity contribution is -0.142. The first kappa shape index (κ1) is 27.1. The molecule has 0 aliphatic carbocycles. The van der Waals surface area contributed by atoms with Crippen molar-refractivity contribution in [1.29, 1.82) is 0 Å². The van der Waals surface area contributed by atoms with Crippen molar-refractivity contribution in [2.24, 2.45) is 0 Å². The van der Waals surface area contributed by atoms with Gasteiger partial charge < -0.3 is 16.0 Å². The Morgan fingerprint density at radius 3 is 2.40 bits per heavy atom. The molecule has 12 heteroatoms. The van der Waals surface area contributed by atoms with Gasteiger partial charge in [0.05, 0.1) is 11.1 Å². The van der Waals surface area contributed by atoms with Crippen LogP contribution in [0.5, 0.6) is 0 Å². The Balaban J connectivity index is 0.00000342. The summed E-state index contributed by atoms with van der Waals surface area (Å²) in [6, 6.07) is 4.33. The molecule has 0 saturated carbocycles. The number of nitrogens with one attached hydrogen (secondary N) is 1. The van der Waals surface area contributed by atoms with E-state index in [-0.39, 0.29) is 42.9 Å². The number of piperidine rings is 1. The number of hydrogen-bond donors (Lipinski definition) is 2. The largest absolute Gasteiger partial charge is 0.418 e. The van der Waals surface area contributed by atoms with Gasteiger partial charge >= 0.3 is 12.4 Å². The molecule has 2 heterocycles. The van der Waals surface area contributed by atoms with E-state index in [1.165, 1.54) is 12.1 Å². The third kappa shape index (κ3) is 4.67. The van der Waals surface area contributed by atoms with Crippen molar-refractivity contribution in [3.8, 4) is 0 Å². The van der Waals surface area contributed by atoms with Crippen LogP contribution in [-0.4, -0.2) is 29.9 Å². The molecular weight excluding hydrogens is 503 g/mol. The minimum absolute atomic E-state index is 0. The zero-order valence-corrected chi connectivity index (χ0v) is 19.3. The number of fused-ring (bicyclic) bond motifs is 1. The monoisotopic (exact) mass is 525 g/mol. The lowest BCUT2D eigenvalue weighted by Crippen LogP contribution is -2.47. The van der Waals surface area contributed by atoms with Gasteiger partial charge in [-0.25, -0.2) is 4.39 Å². The molecule has 2 aliphatic heterocycles. The molecule has 4 rings (SSSR count). The van der Waals surface area contributed by atoms with Gasteiger partial charge in [-0.15, -0.1) is 12.4 Å². The Kier molecular flexibility index (Phi) is 7.08. The van der Waals surface area contributed by atoms with E-state index >= 15 is 0 Å². The van der Waals surface area contributed by atoms with E-state index in [4.69, 9.17) is 5.73 Å². The van der Waals surface area contributed by atoms with Crippen molar-refractivity contribution >= 4 is 24.0 Å². The summed E-state index contributed by atoms with van der Waals surface area (Å²) in [6.45, 7) is 2.20. The minimum atomic E-state index is -5.04. The van der Waals surface area contributed by atoms with Crippen LogP contribution >= 0.6 is 12.4 Å². The molecule has 2 atom stereocenters.